The van der Waals surface area contributed by atoms with Gasteiger partial charge in [-0.1, -0.05) is 20.3 Å². The molecule has 1 heterocycles. The van der Waals surface area contributed by atoms with E-state index >= 15 is 0 Å². The van der Waals surface area contributed by atoms with Gasteiger partial charge < -0.3 is 11.1 Å². The molecule has 3 rings (SSSR count). The van der Waals surface area contributed by atoms with Crippen LogP contribution in [0, 0.1) is 5.41 Å². The Balaban J connectivity index is 1.90. The van der Waals surface area contributed by atoms with E-state index in [1.54, 1.807) is 6.20 Å². The van der Waals surface area contributed by atoms with Gasteiger partial charge in [-0.05, 0) is 42.9 Å². The maximum atomic E-state index is 6.05. The van der Waals surface area contributed by atoms with Gasteiger partial charge in [0, 0.05) is 40.6 Å². The van der Waals surface area contributed by atoms with E-state index in [0.717, 1.165) is 22.1 Å². The summed E-state index contributed by atoms with van der Waals surface area (Å²) in [6.45, 7) is 4.73. The molecule has 1 aromatic carbocycles. The van der Waals surface area contributed by atoms with Crippen LogP contribution in [-0.4, -0.2) is 11.0 Å². The Morgan fingerprint density at radius 2 is 2.10 bits per heavy atom. The number of nitrogens with one attached hydrogen (secondary N) is 1. The van der Waals surface area contributed by atoms with Crippen molar-refractivity contribution in [3.8, 4) is 0 Å². The zero-order valence-corrected chi connectivity index (χ0v) is 12.3. The molecule has 1 aliphatic rings. The van der Waals surface area contributed by atoms with Gasteiger partial charge in [0.25, 0.3) is 0 Å². The van der Waals surface area contributed by atoms with Crippen molar-refractivity contribution in [3.05, 3.63) is 30.6 Å². The van der Waals surface area contributed by atoms with Crippen molar-refractivity contribution < 1.29 is 0 Å². The third kappa shape index (κ3) is 2.58. The lowest BCUT2D eigenvalue weighted by molar-refractivity contribution is 0.229. The number of hydrogen-bond donors (Lipinski definition) is 2. The van der Waals surface area contributed by atoms with E-state index in [1.165, 1.54) is 25.7 Å². The lowest BCUT2D eigenvalue weighted by atomic mass is 9.75. The molecule has 1 aromatic heterocycles. The number of nitrogens with zero attached hydrogens (tertiary/aromatic N) is 1. The van der Waals surface area contributed by atoms with Crippen LogP contribution >= 0.6 is 0 Å². The van der Waals surface area contributed by atoms with Crippen molar-refractivity contribution >= 4 is 22.1 Å². The minimum absolute atomic E-state index is 0.442. The molecule has 0 saturated heterocycles. The van der Waals surface area contributed by atoms with Gasteiger partial charge in [0.05, 0.1) is 0 Å². The largest absolute Gasteiger partial charge is 0.398 e. The molecule has 1 aliphatic carbocycles. The van der Waals surface area contributed by atoms with Crippen molar-refractivity contribution in [1.82, 2.24) is 4.98 Å². The molecule has 1 unspecified atom stereocenters. The molecule has 20 heavy (non-hydrogen) atoms. The van der Waals surface area contributed by atoms with Gasteiger partial charge >= 0.3 is 0 Å². The number of hydrogen-bond acceptors (Lipinski definition) is 3. The molecule has 1 atom stereocenters. The first-order chi connectivity index (χ1) is 9.55. The molecule has 1 fully saturated rings. The van der Waals surface area contributed by atoms with E-state index in [4.69, 9.17) is 5.73 Å². The molecule has 0 bridgehead atoms. The quantitative estimate of drug-likeness (QED) is 0.803. The molecule has 0 radical (unpaired) electrons. The zero-order valence-electron chi connectivity index (χ0n) is 12.3. The summed E-state index contributed by atoms with van der Waals surface area (Å²) in [6.07, 6.45) is 8.80. The molecule has 3 nitrogen and oxygen atoms in total. The van der Waals surface area contributed by atoms with Gasteiger partial charge in [0.2, 0.25) is 0 Å². The first-order valence-corrected chi connectivity index (χ1v) is 7.44. The van der Waals surface area contributed by atoms with E-state index in [-0.39, 0.29) is 0 Å². The van der Waals surface area contributed by atoms with E-state index < -0.39 is 0 Å². The highest BCUT2D eigenvalue weighted by molar-refractivity contribution is 6.00. The molecule has 0 amide bonds. The summed E-state index contributed by atoms with van der Waals surface area (Å²) in [5, 5.41) is 5.92. The first-order valence-electron chi connectivity index (χ1n) is 7.44. The smallest absolute Gasteiger partial charge is 0.0439 e. The summed E-state index contributed by atoms with van der Waals surface area (Å²) < 4.78 is 0. The van der Waals surface area contributed by atoms with Crippen LogP contribution in [0.2, 0.25) is 0 Å². The van der Waals surface area contributed by atoms with Gasteiger partial charge in [0.1, 0.15) is 0 Å². The van der Waals surface area contributed by atoms with E-state index in [2.05, 4.69) is 30.2 Å². The van der Waals surface area contributed by atoms with Crippen molar-refractivity contribution in [1.29, 1.82) is 0 Å². The standard InChI is InChI=1S/C17H23N3/c1-17(2)8-3-4-12(10-17)20-16-6-5-15(18)13-7-9-19-11-14(13)16/h5-7,9,11-12,20H,3-4,8,10,18H2,1-2H3. The minimum atomic E-state index is 0.442. The molecule has 2 aromatic rings. The topological polar surface area (TPSA) is 50.9 Å². The van der Waals surface area contributed by atoms with Gasteiger partial charge in [-0.15, -0.1) is 0 Å². The molecule has 1 saturated carbocycles. The molecule has 3 heteroatoms. The van der Waals surface area contributed by atoms with Crippen molar-refractivity contribution in [3.63, 3.8) is 0 Å². The van der Waals surface area contributed by atoms with E-state index in [1.807, 2.05) is 18.3 Å². The second kappa shape index (κ2) is 4.97. The molecular formula is C17H23N3. The van der Waals surface area contributed by atoms with Crippen LogP contribution in [0.3, 0.4) is 0 Å². The van der Waals surface area contributed by atoms with Crippen LogP contribution < -0.4 is 11.1 Å². The third-order valence-corrected chi connectivity index (χ3v) is 4.42. The Morgan fingerprint density at radius 1 is 1.25 bits per heavy atom. The van der Waals surface area contributed by atoms with Crippen molar-refractivity contribution in [2.45, 2.75) is 45.6 Å². The summed E-state index contributed by atoms with van der Waals surface area (Å²) in [7, 11) is 0. The zero-order chi connectivity index (χ0) is 14.2. The number of benzene rings is 1. The Kier molecular flexibility index (Phi) is 3.28. The second-order valence-corrected chi connectivity index (χ2v) is 6.73. The van der Waals surface area contributed by atoms with E-state index in [9.17, 15) is 0 Å². The van der Waals surface area contributed by atoms with Crippen LogP contribution in [0.25, 0.3) is 10.8 Å². The average Bonchev–Trinajstić information content (AvgIpc) is 2.41. The van der Waals surface area contributed by atoms with Crippen molar-refractivity contribution in [2.24, 2.45) is 5.41 Å². The van der Waals surface area contributed by atoms with Crippen LogP contribution in [0.15, 0.2) is 30.6 Å². The fourth-order valence-corrected chi connectivity index (χ4v) is 3.38. The fourth-order valence-electron chi connectivity index (χ4n) is 3.38. The van der Waals surface area contributed by atoms with Crippen LogP contribution in [0.5, 0.6) is 0 Å². The molecule has 3 N–H and O–H groups in total. The maximum Gasteiger partial charge on any atom is 0.0439 e. The SMILES string of the molecule is CC1(C)CCCC(Nc2ccc(N)c3ccncc23)C1. The lowest BCUT2D eigenvalue weighted by Gasteiger charge is -2.36. The van der Waals surface area contributed by atoms with Gasteiger partial charge in [-0.2, -0.15) is 0 Å². The fraction of sp³-hybridized carbons (Fsp3) is 0.471. The first kappa shape index (κ1) is 13.2. The lowest BCUT2D eigenvalue weighted by Crippen LogP contribution is -2.31. The number of rotatable bonds is 2. The Morgan fingerprint density at radius 3 is 2.90 bits per heavy atom. The predicted molar refractivity (Wildman–Crippen MR) is 85.8 cm³/mol. The molecule has 0 aliphatic heterocycles. The summed E-state index contributed by atoms with van der Waals surface area (Å²) in [6, 6.07) is 6.60. The van der Waals surface area contributed by atoms with Gasteiger partial charge in [-0.25, -0.2) is 0 Å². The summed E-state index contributed by atoms with van der Waals surface area (Å²) in [5.74, 6) is 0. The number of nitrogens with two attached hydrogens (primary N) is 1. The normalized spacial score (nSPS) is 21.8. The monoisotopic (exact) mass is 269 g/mol. The molecule has 0 spiro atoms. The van der Waals surface area contributed by atoms with E-state index in [0.29, 0.717) is 11.5 Å². The second-order valence-electron chi connectivity index (χ2n) is 6.73. The Hall–Kier alpha value is -1.77. The summed E-state index contributed by atoms with van der Waals surface area (Å²) >= 11 is 0. The number of anilines is 2. The number of fused-ring (bicyclic) bond motifs is 1. The van der Waals surface area contributed by atoms with Crippen LogP contribution in [0.4, 0.5) is 11.4 Å². The number of nitrogen functional groups attached to an aromatic ring is 1. The minimum Gasteiger partial charge on any atom is -0.398 e. The Bertz CT molecular complexity index is 619. The molecular weight excluding hydrogens is 246 g/mol. The molecule has 106 valence electrons. The number of aromatic nitrogens is 1. The predicted octanol–water partition coefficient (Wildman–Crippen LogP) is 4.20. The number of pyridine rings is 1. The highest BCUT2D eigenvalue weighted by Gasteiger charge is 2.28. The summed E-state index contributed by atoms with van der Waals surface area (Å²) in [5.41, 5.74) is 8.46. The Labute approximate surface area is 120 Å². The average molecular weight is 269 g/mol. The highest BCUT2D eigenvalue weighted by Crippen LogP contribution is 2.37. The van der Waals surface area contributed by atoms with Crippen molar-refractivity contribution in [2.75, 3.05) is 11.1 Å². The van der Waals surface area contributed by atoms with Crippen LogP contribution in [-0.2, 0) is 0 Å². The summed E-state index contributed by atoms with van der Waals surface area (Å²) in [4.78, 5) is 4.24. The van der Waals surface area contributed by atoms with Gasteiger partial charge in [0.15, 0.2) is 0 Å². The highest BCUT2D eigenvalue weighted by atomic mass is 14.9. The van der Waals surface area contributed by atoms with Crippen LogP contribution in [0.1, 0.15) is 39.5 Å². The maximum absolute atomic E-state index is 6.05. The van der Waals surface area contributed by atoms with Gasteiger partial charge in [-0.3, -0.25) is 4.98 Å². The third-order valence-electron chi connectivity index (χ3n) is 4.42.